The number of hydrogen-bond acceptors (Lipinski definition) is 5. The van der Waals surface area contributed by atoms with Crippen LogP contribution in [-0.2, 0) is 11.2 Å². The maximum Gasteiger partial charge on any atom is 0.320 e. The first-order valence-electron chi connectivity index (χ1n) is 7.26. The number of rotatable bonds is 5. The highest BCUT2D eigenvalue weighted by Gasteiger charge is 2.21. The molecule has 2 heterocycles. The molecule has 0 aliphatic carbocycles. The maximum atomic E-state index is 11.2. The van der Waals surface area contributed by atoms with Crippen molar-refractivity contribution in [3.05, 3.63) is 62.9 Å². The number of nitro groups is 1. The summed E-state index contributed by atoms with van der Waals surface area (Å²) >= 11 is 3.37. The summed E-state index contributed by atoms with van der Waals surface area (Å²) in [6.45, 7) is 0. The zero-order chi connectivity index (χ0) is 18.1. The minimum Gasteiger partial charge on any atom is -0.480 e. The molecule has 0 saturated heterocycles. The number of nitrogens with two attached hydrogens (primary N) is 1. The van der Waals surface area contributed by atoms with Crippen molar-refractivity contribution in [2.24, 2.45) is 5.73 Å². The summed E-state index contributed by atoms with van der Waals surface area (Å²) in [6, 6.07) is 8.51. The van der Waals surface area contributed by atoms with Crippen LogP contribution in [0.3, 0.4) is 0 Å². The number of hydrogen-bond donors (Lipinski definition) is 2. The van der Waals surface area contributed by atoms with Gasteiger partial charge in [0, 0.05) is 34.8 Å². The Hall–Kier alpha value is -2.78. The average molecular weight is 405 g/mol. The molecule has 3 N–H and O–H groups in total. The minimum absolute atomic E-state index is 0.0327. The van der Waals surface area contributed by atoms with E-state index < -0.39 is 16.9 Å². The second-order valence-electron chi connectivity index (χ2n) is 5.44. The smallest absolute Gasteiger partial charge is 0.320 e. The third-order valence-electron chi connectivity index (χ3n) is 3.74. The molecule has 0 amide bonds. The number of fused-ring (bicyclic) bond motifs is 1. The minimum atomic E-state index is -1.13. The summed E-state index contributed by atoms with van der Waals surface area (Å²) in [5, 5.41) is 20.2. The number of aromatic nitrogens is 2. The van der Waals surface area contributed by atoms with E-state index in [0.29, 0.717) is 22.6 Å². The van der Waals surface area contributed by atoms with Gasteiger partial charge in [-0.25, -0.2) is 4.98 Å². The van der Waals surface area contributed by atoms with E-state index >= 15 is 0 Å². The van der Waals surface area contributed by atoms with Gasteiger partial charge in [0.2, 0.25) is 0 Å². The van der Waals surface area contributed by atoms with Crippen LogP contribution in [0.5, 0.6) is 0 Å². The number of carbonyl (C=O) groups is 1. The molecule has 128 valence electrons. The fourth-order valence-corrected chi connectivity index (χ4v) is 2.89. The Bertz CT molecular complexity index is 985. The number of aliphatic carboxylic acids is 1. The van der Waals surface area contributed by atoms with Gasteiger partial charge in [0.1, 0.15) is 11.7 Å². The van der Waals surface area contributed by atoms with E-state index in [1.807, 2.05) is 0 Å². The van der Waals surface area contributed by atoms with Gasteiger partial charge < -0.3 is 15.2 Å². The molecular formula is C16H13BrN4O4. The van der Waals surface area contributed by atoms with E-state index in [1.165, 1.54) is 12.1 Å². The van der Waals surface area contributed by atoms with Crippen LogP contribution in [0.15, 0.2) is 47.1 Å². The normalized spacial score (nSPS) is 12.2. The summed E-state index contributed by atoms with van der Waals surface area (Å²) in [7, 11) is 0. The van der Waals surface area contributed by atoms with Gasteiger partial charge in [-0.15, -0.1) is 0 Å². The molecule has 25 heavy (non-hydrogen) atoms. The number of halogens is 1. The van der Waals surface area contributed by atoms with E-state index in [2.05, 4.69) is 20.9 Å². The van der Waals surface area contributed by atoms with Crippen LogP contribution in [0.4, 0.5) is 5.69 Å². The Balaban J connectivity index is 2.21. The lowest BCUT2D eigenvalue weighted by Crippen LogP contribution is -2.32. The topological polar surface area (TPSA) is 124 Å². The van der Waals surface area contributed by atoms with Gasteiger partial charge in [0.15, 0.2) is 0 Å². The van der Waals surface area contributed by atoms with Crippen molar-refractivity contribution >= 4 is 33.2 Å². The molecule has 2 aromatic heterocycles. The molecule has 1 aromatic carbocycles. The summed E-state index contributed by atoms with van der Waals surface area (Å²) in [5.74, 6) is -1.13. The Morgan fingerprint density at radius 1 is 1.40 bits per heavy atom. The largest absolute Gasteiger partial charge is 0.480 e. The highest BCUT2D eigenvalue weighted by atomic mass is 79.9. The zero-order valence-corrected chi connectivity index (χ0v) is 14.4. The summed E-state index contributed by atoms with van der Waals surface area (Å²) in [6.07, 6.45) is 1.79. The van der Waals surface area contributed by atoms with Crippen molar-refractivity contribution in [1.82, 2.24) is 9.38 Å². The third-order valence-corrected chi connectivity index (χ3v) is 4.21. The predicted octanol–water partition coefficient (Wildman–Crippen LogP) is 2.63. The first-order valence-corrected chi connectivity index (χ1v) is 8.06. The van der Waals surface area contributed by atoms with E-state index in [-0.39, 0.29) is 12.1 Å². The SMILES string of the molecule is NC(Cc1c(-c2cccc([N+](=O)[O-])c2)nc2ccc(Br)cn12)C(=O)O. The third kappa shape index (κ3) is 3.37. The van der Waals surface area contributed by atoms with Gasteiger partial charge in [-0.3, -0.25) is 14.9 Å². The highest BCUT2D eigenvalue weighted by molar-refractivity contribution is 9.10. The van der Waals surface area contributed by atoms with Crippen molar-refractivity contribution < 1.29 is 14.8 Å². The highest BCUT2D eigenvalue weighted by Crippen LogP contribution is 2.29. The fraction of sp³-hybridized carbons (Fsp3) is 0.125. The van der Waals surface area contributed by atoms with Crippen LogP contribution < -0.4 is 5.73 Å². The van der Waals surface area contributed by atoms with E-state index in [1.54, 1.807) is 34.9 Å². The number of carboxylic acid groups (broad SMARTS) is 1. The van der Waals surface area contributed by atoms with Gasteiger partial charge in [-0.05, 0) is 28.1 Å². The number of benzene rings is 1. The summed E-state index contributed by atoms with van der Waals surface area (Å²) in [4.78, 5) is 26.2. The number of imidazole rings is 1. The van der Waals surface area contributed by atoms with E-state index in [9.17, 15) is 14.9 Å². The second-order valence-corrected chi connectivity index (χ2v) is 6.35. The van der Waals surface area contributed by atoms with Crippen molar-refractivity contribution in [1.29, 1.82) is 0 Å². The molecule has 0 bridgehead atoms. The van der Waals surface area contributed by atoms with Crippen molar-refractivity contribution in [2.45, 2.75) is 12.5 Å². The Morgan fingerprint density at radius 2 is 2.16 bits per heavy atom. The van der Waals surface area contributed by atoms with Crippen LogP contribution in [0.1, 0.15) is 5.69 Å². The van der Waals surface area contributed by atoms with Gasteiger partial charge >= 0.3 is 5.97 Å². The maximum absolute atomic E-state index is 11.2. The first-order chi connectivity index (χ1) is 11.9. The summed E-state index contributed by atoms with van der Waals surface area (Å²) < 4.78 is 2.52. The number of carboxylic acids is 1. The molecule has 0 spiro atoms. The molecule has 1 atom stereocenters. The van der Waals surface area contributed by atoms with Crippen LogP contribution in [0.25, 0.3) is 16.9 Å². The Kier molecular flexibility index (Phi) is 4.51. The predicted molar refractivity (Wildman–Crippen MR) is 94.3 cm³/mol. The molecule has 0 fully saturated rings. The molecule has 3 aromatic rings. The standard InChI is InChI=1S/C16H13BrN4O4/c17-10-4-5-14-19-15(9-2-1-3-11(6-9)21(24)25)13(20(14)8-10)7-12(18)16(22)23/h1-6,8,12H,7,18H2,(H,22,23). The Morgan fingerprint density at radius 3 is 2.84 bits per heavy atom. The number of nitrogens with zero attached hydrogens (tertiary/aromatic N) is 3. The zero-order valence-electron chi connectivity index (χ0n) is 12.8. The van der Waals surface area contributed by atoms with Crippen LogP contribution in [0, 0.1) is 10.1 Å². The van der Waals surface area contributed by atoms with Gasteiger partial charge in [-0.1, -0.05) is 12.1 Å². The number of nitro benzene ring substituents is 1. The fourth-order valence-electron chi connectivity index (χ4n) is 2.56. The van der Waals surface area contributed by atoms with Crippen molar-refractivity contribution in [3.63, 3.8) is 0 Å². The number of pyridine rings is 1. The number of non-ortho nitro benzene ring substituents is 1. The first kappa shape index (κ1) is 17.1. The lowest BCUT2D eigenvalue weighted by molar-refractivity contribution is -0.384. The molecule has 8 nitrogen and oxygen atoms in total. The van der Waals surface area contributed by atoms with Gasteiger partial charge in [0.05, 0.1) is 16.3 Å². The average Bonchev–Trinajstić information content (AvgIpc) is 2.92. The summed E-state index contributed by atoms with van der Waals surface area (Å²) in [5.41, 5.74) is 7.81. The van der Waals surface area contributed by atoms with E-state index in [0.717, 1.165) is 4.47 Å². The quantitative estimate of drug-likeness (QED) is 0.497. The molecule has 0 aliphatic heterocycles. The van der Waals surface area contributed by atoms with Gasteiger partial charge in [0.25, 0.3) is 5.69 Å². The molecule has 0 saturated carbocycles. The lowest BCUT2D eigenvalue weighted by atomic mass is 10.0. The molecule has 1 unspecified atom stereocenters. The Labute approximate surface area is 150 Å². The second kappa shape index (κ2) is 6.61. The van der Waals surface area contributed by atoms with E-state index in [4.69, 9.17) is 10.8 Å². The molecule has 0 radical (unpaired) electrons. The molecule has 0 aliphatic rings. The van der Waals surface area contributed by atoms with Crippen molar-refractivity contribution in [3.8, 4) is 11.3 Å². The monoisotopic (exact) mass is 404 g/mol. The lowest BCUT2D eigenvalue weighted by Gasteiger charge is -2.09. The molecular weight excluding hydrogens is 392 g/mol. The van der Waals surface area contributed by atoms with Crippen molar-refractivity contribution in [2.75, 3.05) is 0 Å². The van der Waals surface area contributed by atoms with Crippen LogP contribution >= 0.6 is 15.9 Å². The van der Waals surface area contributed by atoms with Gasteiger partial charge in [-0.2, -0.15) is 0 Å². The van der Waals surface area contributed by atoms with Crippen LogP contribution in [0.2, 0.25) is 0 Å². The molecule has 3 rings (SSSR count). The molecule has 9 heteroatoms. The van der Waals surface area contributed by atoms with Crippen LogP contribution in [-0.4, -0.2) is 31.4 Å².